The lowest BCUT2D eigenvalue weighted by Gasteiger charge is -2.36. The van der Waals surface area contributed by atoms with E-state index in [1.807, 2.05) is 6.92 Å². The van der Waals surface area contributed by atoms with Gasteiger partial charge in [-0.2, -0.15) is 0 Å². The Labute approximate surface area is 151 Å². The molecule has 1 aromatic rings. The van der Waals surface area contributed by atoms with E-state index >= 15 is 0 Å². The van der Waals surface area contributed by atoms with Gasteiger partial charge in [0.05, 0.1) is 5.41 Å². The van der Waals surface area contributed by atoms with Crippen LogP contribution >= 0.6 is 7.37 Å². The molecule has 0 spiro atoms. The SMILES string of the molecule is CCC1=CCC(CC)(C(=O)c2ccccc2P(=O)(O)CC)C(CC)=C1. The quantitative estimate of drug-likeness (QED) is 0.533. The van der Waals surface area contributed by atoms with Gasteiger partial charge in [0.1, 0.15) is 0 Å². The average Bonchev–Trinajstić information content (AvgIpc) is 2.66. The van der Waals surface area contributed by atoms with Crippen molar-refractivity contribution in [1.29, 1.82) is 0 Å². The minimum Gasteiger partial charge on any atom is -0.341 e. The molecular formula is C21H29O3P. The molecule has 2 unspecified atom stereocenters. The van der Waals surface area contributed by atoms with Gasteiger partial charge >= 0.3 is 0 Å². The van der Waals surface area contributed by atoms with Crippen molar-refractivity contribution in [3.05, 3.63) is 53.1 Å². The Morgan fingerprint density at radius 2 is 1.84 bits per heavy atom. The second-order valence-electron chi connectivity index (χ2n) is 6.66. The highest BCUT2D eigenvalue weighted by Gasteiger charge is 2.42. The van der Waals surface area contributed by atoms with Crippen LogP contribution in [-0.4, -0.2) is 16.8 Å². The maximum atomic E-state index is 13.6. The summed E-state index contributed by atoms with van der Waals surface area (Å²) in [6.07, 6.45) is 7.57. The van der Waals surface area contributed by atoms with Crippen molar-refractivity contribution in [2.45, 2.75) is 53.4 Å². The van der Waals surface area contributed by atoms with Crippen LogP contribution in [0.3, 0.4) is 0 Å². The van der Waals surface area contributed by atoms with Gasteiger partial charge in [-0.25, -0.2) is 0 Å². The molecule has 25 heavy (non-hydrogen) atoms. The normalized spacial score (nSPS) is 22.8. The number of carbonyl (C=O) groups is 1. The van der Waals surface area contributed by atoms with Crippen LogP contribution in [0.25, 0.3) is 0 Å². The van der Waals surface area contributed by atoms with E-state index in [-0.39, 0.29) is 11.9 Å². The molecular weight excluding hydrogens is 331 g/mol. The van der Waals surface area contributed by atoms with E-state index in [9.17, 15) is 14.3 Å². The van der Waals surface area contributed by atoms with Crippen LogP contribution < -0.4 is 5.30 Å². The first kappa shape index (κ1) is 19.9. The minimum atomic E-state index is -3.51. The van der Waals surface area contributed by atoms with Crippen molar-refractivity contribution in [3.63, 3.8) is 0 Å². The van der Waals surface area contributed by atoms with Crippen LogP contribution in [-0.2, 0) is 4.57 Å². The predicted molar refractivity (Wildman–Crippen MR) is 105 cm³/mol. The highest BCUT2D eigenvalue weighted by atomic mass is 31.2. The van der Waals surface area contributed by atoms with Gasteiger partial charge in [0, 0.05) is 17.0 Å². The molecule has 4 heteroatoms. The molecule has 0 aromatic heterocycles. The summed E-state index contributed by atoms with van der Waals surface area (Å²) >= 11 is 0. The third-order valence-electron chi connectivity index (χ3n) is 5.47. The van der Waals surface area contributed by atoms with Crippen LogP contribution in [0.5, 0.6) is 0 Å². The molecule has 0 fully saturated rings. The fourth-order valence-electron chi connectivity index (χ4n) is 3.71. The third kappa shape index (κ3) is 3.59. The summed E-state index contributed by atoms with van der Waals surface area (Å²) in [6, 6.07) is 6.85. The van der Waals surface area contributed by atoms with Crippen LogP contribution in [0.1, 0.15) is 63.7 Å². The second kappa shape index (κ2) is 7.85. The molecule has 0 saturated heterocycles. The van der Waals surface area contributed by atoms with Gasteiger partial charge in [0.25, 0.3) is 0 Å². The van der Waals surface area contributed by atoms with Gasteiger partial charge in [-0.05, 0) is 31.7 Å². The molecule has 1 aliphatic carbocycles. The number of rotatable bonds is 7. The molecule has 0 saturated carbocycles. The average molecular weight is 360 g/mol. The van der Waals surface area contributed by atoms with Crippen LogP contribution in [0.15, 0.2) is 47.6 Å². The first-order chi connectivity index (χ1) is 11.9. The zero-order chi connectivity index (χ0) is 18.7. The number of hydrogen-bond acceptors (Lipinski definition) is 2. The number of carbonyl (C=O) groups excluding carboxylic acids is 1. The second-order valence-corrected chi connectivity index (χ2v) is 9.18. The van der Waals surface area contributed by atoms with Crippen molar-refractivity contribution < 1.29 is 14.3 Å². The predicted octanol–water partition coefficient (Wildman–Crippen LogP) is 5.26. The molecule has 0 amide bonds. The summed E-state index contributed by atoms with van der Waals surface area (Å²) in [5.41, 5.74) is 2.21. The molecule has 0 aliphatic heterocycles. The molecule has 1 N–H and O–H groups in total. The molecule has 0 heterocycles. The van der Waals surface area contributed by atoms with Crippen molar-refractivity contribution >= 4 is 18.5 Å². The fourth-order valence-corrected chi connectivity index (χ4v) is 4.93. The Bertz CT molecular complexity index is 760. The van der Waals surface area contributed by atoms with Crippen molar-refractivity contribution in [2.24, 2.45) is 5.41 Å². The lowest BCUT2D eigenvalue weighted by Crippen LogP contribution is -2.36. The maximum absolute atomic E-state index is 13.6. The van der Waals surface area contributed by atoms with E-state index in [0.717, 1.165) is 18.4 Å². The van der Waals surface area contributed by atoms with Gasteiger partial charge in [0.15, 0.2) is 5.78 Å². The summed E-state index contributed by atoms with van der Waals surface area (Å²) in [4.78, 5) is 24.0. The Balaban J connectivity index is 2.59. The van der Waals surface area contributed by atoms with Gasteiger partial charge < -0.3 is 4.89 Å². The third-order valence-corrected chi connectivity index (χ3v) is 7.47. The Kier molecular flexibility index (Phi) is 6.24. The molecule has 2 atom stereocenters. The molecule has 136 valence electrons. The van der Waals surface area contributed by atoms with Crippen LogP contribution in [0, 0.1) is 5.41 Å². The van der Waals surface area contributed by atoms with E-state index in [4.69, 9.17) is 0 Å². The zero-order valence-corrected chi connectivity index (χ0v) is 16.6. The van der Waals surface area contributed by atoms with Crippen LogP contribution in [0.4, 0.5) is 0 Å². The summed E-state index contributed by atoms with van der Waals surface area (Å²) in [6.45, 7) is 7.92. The van der Waals surface area contributed by atoms with Gasteiger partial charge in [-0.15, -0.1) is 0 Å². The summed E-state index contributed by atoms with van der Waals surface area (Å²) in [5.74, 6) is -0.0205. The smallest absolute Gasteiger partial charge is 0.230 e. The number of allylic oxidation sites excluding steroid dienone is 4. The van der Waals surface area contributed by atoms with Crippen molar-refractivity contribution in [3.8, 4) is 0 Å². The topological polar surface area (TPSA) is 54.4 Å². The lowest BCUT2D eigenvalue weighted by molar-refractivity contribution is 0.0830. The Morgan fingerprint density at radius 3 is 2.40 bits per heavy atom. The van der Waals surface area contributed by atoms with Crippen molar-refractivity contribution in [1.82, 2.24) is 0 Å². The van der Waals surface area contributed by atoms with E-state index in [1.165, 1.54) is 5.57 Å². The van der Waals surface area contributed by atoms with E-state index in [2.05, 4.69) is 26.0 Å². The summed E-state index contributed by atoms with van der Waals surface area (Å²) in [7, 11) is -3.51. The maximum Gasteiger partial charge on any atom is 0.230 e. The summed E-state index contributed by atoms with van der Waals surface area (Å²) < 4.78 is 12.6. The molecule has 1 aliphatic rings. The fraction of sp³-hybridized carbons (Fsp3) is 0.476. The molecule has 0 bridgehead atoms. The first-order valence-electron chi connectivity index (χ1n) is 9.22. The largest absolute Gasteiger partial charge is 0.341 e. The molecule has 2 rings (SSSR count). The molecule has 0 radical (unpaired) electrons. The van der Waals surface area contributed by atoms with Gasteiger partial charge in [-0.1, -0.05) is 69.2 Å². The van der Waals surface area contributed by atoms with Crippen LogP contribution in [0.2, 0.25) is 0 Å². The monoisotopic (exact) mass is 360 g/mol. The van der Waals surface area contributed by atoms with E-state index < -0.39 is 12.8 Å². The van der Waals surface area contributed by atoms with E-state index in [0.29, 0.717) is 23.7 Å². The summed E-state index contributed by atoms with van der Waals surface area (Å²) in [5, 5.41) is 0.302. The molecule has 1 aromatic carbocycles. The Hall–Kier alpha value is -1.44. The standard InChI is InChI=1S/C21H29O3P/c1-5-16-13-14-21(7-3,17(6-2)15-16)20(22)18-11-9-10-12-19(18)25(23,24)8-4/h9-13,15H,5-8,14H2,1-4H3,(H,23,24). The minimum absolute atomic E-state index is 0.0205. The highest BCUT2D eigenvalue weighted by molar-refractivity contribution is 7.66. The number of benzene rings is 1. The van der Waals surface area contributed by atoms with Gasteiger partial charge in [-0.3, -0.25) is 9.36 Å². The highest BCUT2D eigenvalue weighted by Crippen LogP contribution is 2.46. The lowest BCUT2D eigenvalue weighted by atomic mass is 9.66. The number of ketones is 1. The van der Waals surface area contributed by atoms with E-state index in [1.54, 1.807) is 31.2 Å². The number of hydrogen-bond donors (Lipinski definition) is 1. The van der Waals surface area contributed by atoms with Crippen molar-refractivity contribution in [2.75, 3.05) is 6.16 Å². The Morgan fingerprint density at radius 1 is 1.16 bits per heavy atom. The molecule has 3 nitrogen and oxygen atoms in total. The van der Waals surface area contributed by atoms with Gasteiger partial charge in [0.2, 0.25) is 7.37 Å². The zero-order valence-electron chi connectivity index (χ0n) is 15.7. The first-order valence-corrected chi connectivity index (χ1v) is 11.1. The number of Topliss-reactive ketones (excluding diaryl/α,β-unsaturated/α-hetero) is 1.